The average Bonchev–Trinajstić information content (AvgIpc) is 2.22. The molecule has 78 valence electrons. The van der Waals surface area contributed by atoms with Crippen molar-refractivity contribution in [3.8, 4) is 0 Å². The van der Waals surface area contributed by atoms with Crippen LogP contribution in [0.3, 0.4) is 0 Å². The van der Waals surface area contributed by atoms with Crippen molar-refractivity contribution in [3.63, 3.8) is 0 Å². The first-order valence-electron chi connectivity index (χ1n) is 4.07. The number of hydrogen-bond donors (Lipinski definition) is 0. The van der Waals surface area contributed by atoms with Gasteiger partial charge in [-0.3, -0.25) is 0 Å². The van der Waals surface area contributed by atoms with Gasteiger partial charge in [-0.05, 0) is 0 Å². The van der Waals surface area contributed by atoms with Crippen LogP contribution in [-0.4, -0.2) is 46.8 Å². The number of aliphatic imine (C=N–C) groups is 1. The summed E-state index contributed by atoms with van der Waals surface area (Å²) in [5, 5.41) is 0. The van der Waals surface area contributed by atoms with Gasteiger partial charge in [0.2, 0.25) is 0 Å². The molecule has 0 N–H and O–H groups in total. The zero-order valence-corrected chi connectivity index (χ0v) is 8.43. The molecular weight excluding hydrogens is 185 g/mol. The normalized spacial score (nSPS) is 12.4. The summed E-state index contributed by atoms with van der Waals surface area (Å²) in [5.41, 5.74) is 0. The number of carbonyl (C=O) groups excluding carboxylic acids is 1. The van der Waals surface area contributed by atoms with E-state index in [-0.39, 0.29) is 6.61 Å². The van der Waals surface area contributed by atoms with Crippen LogP contribution in [0.25, 0.3) is 0 Å². The maximum atomic E-state index is 11.1. The van der Waals surface area contributed by atoms with Crippen molar-refractivity contribution in [2.75, 3.05) is 20.3 Å². The molecule has 0 aromatic rings. The van der Waals surface area contributed by atoms with E-state index in [2.05, 4.69) is 21.0 Å². The van der Waals surface area contributed by atoms with Crippen LogP contribution in [0, 0.1) is 0 Å². The Kier molecular flexibility index (Phi) is 7.54. The second-order valence-electron chi connectivity index (χ2n) is 2.36. The summed E-state index contributed by atoms with van der Waals surface area (Å²) in [5.74, 6) is -0.456. The van der Waals surface area contributed by atoms with Crippen molar-refractivity contribution in [1.82, 2.24) is 0 Å². The van der Waals surface area contributed by atoms with Gasteiger partial charge in [0, 0.05) is 0 Å². The van der Waals surface area contributed by atoms with Crippen LogP contribution >= 0.6 is 0 Å². The summed E-state index contributed by atoms with van der Waals surface area (Å²) in [4.78, 5) is 14.9. The molecule has 0 radical (unpaired) electrons. The predicted molar refractivity (Wildman–Crippen MR) is 54.9 cm³/mol. The second-order valence-corrected chi connectivity index (χ2v) is 2.36. The van der Waals surface area contributed by atoms with Gasteiger partial charge < -0.3 is 14.1 Å². The van der Waals surface area contributed by atoms with Crippen molar-refractivity contribution in [2.24, 2.45) is 4.99 Å². The molecule has 1 atom stereocenters. The van der Waals surface area contributed by atoms with E-state index in [1.54, 1.807) is 6.08 Å². The van der Waals surface area contributed by atoms with Crippen molar-refractivity contribution in [2.45, 2.75) is 6.04 Å². The molecule has 0 aromatic carbocycles. The summed E-state index contributed by atoms with van der Waals surface area (Å²) in [6.45, 7) is 4.00. The van der Waals surface area contributed by atoms with Crippen LogP contribution in [0.4, 0.5) is 0 Å². The summed E-state index contributed by atoms with van der Waals surface area (Å²) < 4.78 is 14.2. The Bertz CT molecular complexity index is 208. The highest BCUT2D eigenvalue weighted by Gasteiger charge is 2.17. The Morgan fingerprint density at radius 3 is 2.93 bits per heavy atom. The van der Waals surface area contributed by atoms with Gasteiger partial charge in [-0.15, -0.1) is 6.58 Å². The Labute approximate surface area is 84.2 Å². The predicted octanol–water partition coefficient (Wildman–Crippen LogP) is -0.676. The zero-order chi connectivity index (χ0) is 10.8. The first kappa shape index (κ1) is 12.7. The Balaban J connectivity index is 4.03. The molecule has 6 heteroatoms. The highest BCUT2D eigenvalue weighted by molar-refractivity contribution is 6.02. The molecule has 0 aromatic heterocycles. The lowest BCUT2D eigenvalue weighted by Gasteiger charge is -2.09. The number of methoxy groups -OCH3 is 1. The van der Waals surface area contributed by atoms with E-state index in [0.29, 0.717) is 6.61 Å². The molecule has 0 unspecified atom stereocenters. The van der Waals surface area contributed by atoms with E-state index < -0.39 is 12.0 Å². The lowest BCUT2D eigenvalue weighted by molar-refractivity contribution is -0.143. The number of hydrogen-bond acceptors (Lipinski definition) is 5. The second kappa shape index (κ2) is 8.31. The molecule has 0 rings (SSSR count). The quantitative estimate of drug-likeness (QED) is 0.136. The van der Waals surface area contributed by atoms with Crippen molar-refractivity contribution in [3.05, 3.63) is 12.7 Å². The topological polar surface area (TPSA) is 57.1 Å². The van der Waals surface area contributed by atoms with Gasteiger partial charge in [-0.25, -0.2) is 9.79 Å². The highest BCUT2D eigenvalue weighted by Crippen LogP contribution is 1.95. The molecule has 0 aliphatic carbocycles. The highest BCUT2D eigenvalue weighted by atomic mass is 16.5. The number of nitrogens with zero attached hydrogens (tertiary/aromatic N) is 1. The van der Waals surface area contributed by atoms with Gasteiger partial charge in [-0.1, -0.05) is 6.08 Å². The minimum atomic E-state index is -0.681. The SMILES string of the molecule is BOC=N[C@@H](COCC=C)C(=O)OC. The van der Waals surface area contributed by atoms with E-state index >= 15 is 0 Å². The third kappa shape index (κ3) is 5.37. The van der Waals surface area contributed by atoms with Crippen molar-refractivity contribution >= 4 is 20.4 Å². The molecule has 5 nitrogen and oxygen atoms in total. The van der Waals surface area contributed by atoms with E-state index in [1.165, 1.54) is 21.6 Å². The first-order valence-corrected chi connectivity index (χ1v) is 4.07. The molecule has 14 heavy (non-hydrogen) atoms. The lowest BCUT2D eigenvalue weighted by Crippen LogP contribution is -2.26. The molecule has 0 amide bonds. The Morgan fingerprint density at radius 1 is 1.71 bits per heavy atom. The number of esters is 1. The maximum Gasteiger partial charge on any atom is 0.333 e. The van der Waals surface area contributed by atoms with Gasteiger partial charge in [0.1, 0.15) is 0 Å². The van der Waals surface area contributed by atoms with Gasteiger partial charge in [0.25, 0.3) is 0 Å². The van der Waals surface area contributed by atoms with Crippen molar-refractivity contribution in [1.29, 1.82) is 0 Å². The minimum Gasteiger partial charge on any atom is -0.560 e. The van der Waals surface area contributed by atoms with Gasteiger partial charge >= 0.3 is 14.0 Å². The largest absolute Gasteiger partial charge is 0.560 e. The van der Waals surface area contributed by atoms with E-state index in [1.807, 2.05) is 0 Å². The standard InChI is InChI=1S/C8H14BNO4/c1-3-4-13-5-7(8(11)12-2)10-6-14-9/h3,6-7H,1,4-5,9H2,2H3/t7-/m0/s1. The van der Waals surface area contributed by atoms with Gasteiger partial charge in [-0.2, -0.15) is 0 Å². The summed E-state index contributed by atoms with van der Waals surface area (Å²) in [6, 6.07) is -0.681. The molecule has 0 saturated carbocycles. The molecule has 0 spiro atoms. The summed E-state index contributed by atoms with van der Waals surface area (Å²) in [7, 11) is 2.74. The maximum absolute atomic E-state index is 11.1. The smallest absolute Gasteiger partial charge is 0.333 e. The average molecular weight is 199 g/mol. The lowest BCUT2D eigenvalue weighted by atomic mass is 10.3. The van der Waals surface area contributed by atoms with Gasteiger partial charge in [0.15, 0.2) is 12.4 Å². The monoisotopic (exact) mass is 199 g/mol. The van der Waals surface area contributed by atoms with Crippen molar-refractivity contribution < 1.29 is 18.9 Å². The van der Waals surface area contributed by atoms with Crippen LogP contribution in [0.1, 0.15) is 0 Å². The molecule has 0 bridgehead atoms. The van der Waals surface area contributed by atoms with Crippen LogP contribution in [-0.2, 0) is 18.9 Å². The molecule has 0 fully saturated rings. The molecular formula is C8H14BNO4. The fourth-order valence-corrected chi connectivity index (χ4v) is 0.705. The van der Waals surface area contributed by atoms with Crippen LogP contribution in [0.15, 0.2) is 17.6 Å². The summed E-state index contributed by atoms with van der Waals surface area (Å²) >= 11 is 0. The third-order valence-corrected chi connectivity index (χ3v) is 1.33. The number of ether oxygens (including phenoxy) is 2. The fourth-order valence-electron chi connectivity index (χ4n) is 0.705. The Morgan fingerprint density at radius 2 is 2.43 bits per heavy atom. The van der Waals surface area contributed by atoms with Crippen LogP contribution in [0.5, 0.6) is 0 Å². The van der Waals surface area contributed by atoms with Gasteiger partial charge in [0.05, 0.1) is 20.3 Å². The molecule has 0 aliphatic rings. The molecule has 0 heterocycles. The first-order chi connectivity index (χ1) is 6.76. The number of rotatable bonds is 7. The van der Waals surface area contributed by atoms with Crippen LogP contribution < -0.4 is 0 Å². The van der Waals surface area contributed by atoms with E-state index in [4.69, 9.17) is 4.74 Å². The third-order valence-electron chi connectivity index (χ3n) is 1.33. The zero-order valence-electron chi connectivity index (χ0n) is 8.43. The number of carbonyl (C=O) groups is 1. The Hall–Kier alpha value is -1.30. The summed E-state index contributed by atoms with van der Waals surface area (Å²) in [6.07, 6.45) is 2.77. The molecule has 0 aliphatic heterocycles. The minimum absolute atomic E-state index is 0.151. The fraction of sp³-hybridized carbons (Fsp3) is 0.500. The van der Waals surface area contributed by atoms with Crippen LogP contribution in [0.2, 0.25) is 0 Å². The van der Waals surface area contributed by atoms with E-state index in [9.17, 15) is 4.79 Å². The van der Waals surface area contributed by atoms with E-state index in [0.717, 1.165) is 0 Å². The molecule has 0 saturated heterocycles.